The Morgan fingerprint density at radius 3 is 1.52 bits per heavy atom. The van der Waals surface area contributed by atoms with Gasteiger partial charge >= 0.3 is 11.9 Å². The quantitative estimate of drug-likeness (QED) is 0.617. The molecule has 138 valence electrons. The molecule has 4 atom stereocenters. The number of carboxylic acids is 2. The highest BCUT2D eigenvalue weighted by Crippen LogP contribution is 2.57. The smallest absolute Gasteiger partial charge is 0.308 e. The van der Waals surface area contributed by atoms with E-state index in [2.05, 4.69) is 26.0 Å². The summed E-state index contributed by atoms with van der Waals surface area (Å²) < 4.78 is 0. The van der Waals surface area contributed by atoms with Gasteiger partial charge in [-0.25, -0.2) is 0 Å². The Kier molecular flexibility index (Phi) is 6.26. The van der Waals surface area contributed by atoms with Crippen LogP contribution in [0.1, 0.15) is 59.8 Å². The maximum absolute atomic E-state index is 11.8. The summed E-state index contributed by atoms with van der Waals surface area (Å²) in [5, 5.41) is 19.3. The molecule has 1 saturated carbocycles. The van der Waals surface area contributed by atoms with Crippen molar-refractivity contribution in [3.8, 4) is 0 Å². The fraction of sp³-hybridized carbons (Fsp3) is 0.619. The summed E-state index contributed by atoms with van der Waals surface area (Å²) in [5.41, 5.74) is 5.06. The molecule has 2 rings (SSSR count). The fourth-order valence-corrected chi connectivity index (χ4v) is 4.56. The Bertz CT molecular complexity index is 584. The van der Waals surface area contributed by atoms with Gasteiger partial charge in [0.1, 0.15) is 0 Å². The summed E-state index contributed by atoms with van der Waals surface area (Å²) in [6, 6.07) is 0. The van der Waals surface area contributed by atoms with E-state index in [1.165, 1.54) is 22.3 Å². The molecule has 4 nitrogen and oxygen atoms in total. The first-order valence-corrected chi connectivity index (χ1v) is 9.22. The lowest BCUT2D eigenvalue weighted by atomic mass is 9.73. The van der Waals surface area contributed by atoms with Gasteiger partial charge in [0.15, 0.2) is 0 Å². The minimum atomic E-state index is -0.955. The van der Waals surface area contributed by atoms with E-state index in [9.17, 15) is 19.8 Å². The van der Waals surface area contributed by atoms with Crippen molar-refractivity contribution in [3.05, 3.63) is 34.4 Å². The summed E-state index contributed by atoms with van der Waals surface area (Å²) in [7, 11) is 0. The molecule has 0 aliphatic heterocycles. The third kappa shape index (κ3) is 3.88. The van der Waals surface area contributed by atoms with Gasteiger partial charge in [0.2, 0.25) is 0 Å². The Morgan fingerprint density at radius 1 is 0.880 bits per heavy atom. The Morgan fingerprint density at radius 2 is 1.24 bits per heavy atom. The number of fused-ring (bicyclic) bond motifs is 2. The Labute approximate surface area is 150 Å². The molecular formula is C21H30O4. The average Bonchev–Trinajstić information content (AvgIpc) is 3.12. The van der Waals surface area contributed by atoms with Crippen LogP contribution in [-0.4, -0.2) is 22.2 Å². The first-order valence-electron chi connectivity index (χ1n) is 9.22. The summed E-state index contributed by atoms with van der Waals surface area (Å²) in [6.07, 6.45) is 8.44. The SMILES string of the molecule is CC=C(C)CCC1=C(CCC(C)=CC)C2CC1C(C(=O)O)C2C(=O)O. The third-order valence-electron chi connectivity index (χ3n) is 6.20. The largest absolute Gasteiger partial charge is 0.481 e. The number of carboxylic acid groups (broad SMARTS) is 2. The molecule has 2 aliphatic rings. The topological polar surface area (TPSA) is 74.6 Å². The highest BCUT2D eigenvalue weighted by Gasteiger charge is 2.57. The zero-order valence-electron chi connectivity index (χ0n) is 15.7. The van der Waals surface area contributed by atoms with E-state index < -0.39 is 23.8 Å². The zero-order chi connectivity index (χ0) is 18.7. The van der Waals surface area contributed by atoms with Crippen LogP contribution in [0.3, 0.4) is 0 Å². The lowest BCUT2D eigenvalue weighted by Gasteiger charge is -2.30. The minimum absolute atomic E-state index is 0.103. The number of rotatable bonds is 8. The van der Waals surface area contributed by atoms with E-state index in [1.54, 1.807) is 0 Å². The van der Waals surface area contributed by atoms with Gasteiger partial charge in [0.05, 0.1) is 11.8 Å². The van der Waals surface area contributed by atoms with Gasteiger partial charge in [0.25, 0.3) is 0 Å². The lowest BCUT2D eigenvalue weighted by Crippen LogP contribution is -2.36. The van der Waals surface area contributed by atoms with E-state index >= 15 is 0 Å². The normalized spacial score (nSPS) is 29.4. The minimum Gasteiger partial charge on any atom is -0.481 e. The van der Waals surface area contributed by atoms with Crippen LogP contribution in [0.2, 0.25) is 0 Å². The maximum Gasteiger partial charge on any atom is 0.308 e. The number of hydrogen-bond donors (Lipinski definition) is 2. The van der Waals surface area contributed by atoms with Crippen LogP contribution in [0.15, 0.2) is 34.4 Å². The van der Waals surface area contributed by atoms with Gasteiger partial charge in [-0.15, -0.1) is 0 Å². The Hall–Kier alpha value is -1.84. The van der Waals surface area contributed by atoms with Crippen LogP contribution in [-0.2, 0) is 9.59 Å². The number of hydrogen-bond acceptors (Lipinski definition) is 2. The molecule has 0 spiro atoms. The highest BCUT2D eigenvalue weighted by atomic mass is 16.4. The zero-order valence-corrected chi connectivity index (χ0v) is 15.7. The molecule has 0 aromatic rings. The lowest BCUT2D eigenvalue weighted by molar-refractivity contribution is -0.154. The van der Waals surface area contributed by atoms with Gasteiger partial charge in [-0.3, -0.25) is 9.59 Å². The van der Waals surface area contributed by atoms with Gasteiger partial charge in [-0.2, -0.15) is 0 Å². The first kappa shape index (κ1) is 19.5. The molecule has 2 aliphatic carbocycles. The fourth-order valence-electron chi connectivity index (χ4n) is 4.56. The van der Waals surface area contributed by atoms with E-state index in [0.717, 1.165) is 25.7 Å². The number of carbonyl (C=O) groups is 2. The molecule has 0 heterocycles. The predicted octanol–water partition coefficient (Wildman–Crippen LogP) is 4.83. The third-order valence-corrected chi connectivity index (χ3v) is 6.20. The van der Waals surface area contributed by atoms with Gasteiger partial charge in [0, 0.05) is 0 Å². The summed E-state index contributed by atoms with van der Waals surface area (Å²) in [4.78, 5) is 23.5. The van der Waals surface area contributed by atoms with Crippen LogP contribution >= 0.6 is 0 Å². The molecular weight excluding hydrogens is 316 g/mol. The van der Waals surface area contributed by atoms with Crippen molar-refractivity contribution in [1.29, 1.82) is 0 Å². The monoisotopic (exact) mass is 346 g/mol. The highest BCUT2D eigenvalue weighted by molar-refractivity contribution is 5.83. The molecule has 25 heavy (non-hydrogen) atoms. The second-order valence-corrected chi connectivity index (χ2v) is 7.50. The van der Waals surface area contributed by atoms with Crippen LogP contribution in [0.5, 0.6) is 0 Å². The summed E-state index contributed by atoms with van der Waals surface area (Å²) in [6.45, 7) is 8.21. The number of allylic oxidation sites excluding steroid dienone is 6. The van der Waals surface area contributed by atoms with E-state index in [-0.39, 0.29) is 11.8 Å². The molecule has 1 fully saturated rings. The van der Waals surface area contributed by atoms with Crippen molar-refractivity contribution in [3.63, 3.8) is 0 Å². The maximum atomic E-state index is 11.8. The summed E-state index contributed by atoms with van der Waals surface area (Å²) >= 11 is 0. The number of aliphatic carboxylic acids is 2. The molecule has 0 radical (unpaired) electrons. The molecule has 0 saturated heterocycles. The van der Waals surface area contributed by atoms with Crippen molar-refractivity contribution >= 4 is 11.9 Å². The van der Waals surface area contributed by atoms with Crippen molar-refractivity contribution in [2.75, 3.05) is 0 Å². The van der Waals surface area contributed by atoms with Gasteiger partial charge < -0.3 is 10.2 Å². The van der Waals surface area contributed by atoms with Crippen LogP contribution in [0, 0.1) is 23.7 Å². The Balaban J connectivity index is 2.35. The first-order chi connectivity index (χ1) is 11.8. The predicted molar refractivity (Wildman–Crippen MR) is 98.2 cm³/mol. The second kappa shape index (κ2) is 8.03. The molecule has 0 aromatic heterocycles. The van der Waals surface area contributed by atoms with Crippen LogP contribution < -0.4 is 0 Å². The van der Waals surface area contributed by atoms with Crippen LogP contribution in [0.25, 0.3) is 0 Å². The van der Waals surface area contributed by atoms with E-state index in [1.807, 2.05) is 13.8 Å². The molecule has 4 heteroatoms. The molecule has 4 unspecified atom stereocenters. The van der Waals surface area contributed by atoms with Crippen molar-refractivity contribution in [2.24, 2.45) is 23.7 Å². The van der Waals surface area contributed by atoms with Crippen molar-refractivity contribution in [2.45, 2.75) is 59.8 Å². The average molecular weight is 346 g/mol. The molecule has 2 bridgehead atoms. The molecule has 0 amide bonds. The molecule has 0 aromatic carbocycles. The van der Waals surface area contributed by atoms with Gasteiger partial charge in [-0.1, -0.05) is 34.4 Å². The van der Waals surface area contributed by atoms with Crippen molar-refractivity contribution < 1.29 is 19.8 Å². The van der Waals surface area contributed by atoms with Crippen LogP contribution in [0.4, 0.5) is 0 Å². The second-order valence-electron chi connectivity index (χ2n) is 7.50. The standard InChI is InChI=1S/C21H30O4/c1-5-12(3)7-9-14-15(10-8-13(4)6-2)17-11-16(14)18(20(22)23)19(17)21(24)25/h5-6,16-19H,7-11H2,1-4H3,(H,22,23)(H,24,25). The van der Waals surface area contributed by atoms with Gasteiger partial charge in [-0.05, 0) is 71.6 Å². The molecule has 2 N–H and O–H groups in total. The van der Waals surface area contributed by atoms with E-state index in [0.29, 0.717) is 6.42 Å². The summed E-state index contributed by atoms with van der Waals surface area (Å²) in [5.74, 6) is -3.65. The van der Waals surface area contributed by atoms with Crippen molar-refractivity contribution in [1.82, 2.24) is 0 Å². The van der Waals surface area contributed by atoms with E-state index in [4.69, 9.17) is 0 Å².